The van der Waals surface area contributed by atoms with Gasteiger partial charge in [0.25, 0.3) is 0 Å². The highest BCUT2D eigenvalue weighted by Gasteiger charge is 2.42. The van der Waals surface area contributed by atoms with E-state index in [1.807, 2.05) is 30.3 Å². The molecule has 0 bridgehead atoms. The lowest BCUT2D eigenvalue weighted by molar-refractivity contribution is -0.133. The van der Waals surface area contributed by atoms with Crippen LogP contribution in [0.5, 0.6) is 0 Å². The molecule has 136 valence electrons. The van der Waals surface area contributed by atoms with Gasteiger partial charge in [-0.3, -0.25) is 0 Å². The molecule has 0 spiro atoms. The number of hydrogen-bond acceptors (Lipinski definition) is 4. The molecule has 0 unspecified atom stereocenters. The maximum atomic E-state index is 12.2. The lowest BCUT2D eigenvalue weighted by Gasteiger charge is -2.40. The standard InChI is InChI=1S/C19H27NO4Si/c1-19(2,3)25(5,6)16(12-13-17(21)23-4)20-18(22)24-14-15-10-8-7-9-11-15/h7-11,16H,14H2,1-6H3,(H,20,22)/t16-/m0/s1. The van der Waals surface area contributed by atoms with Crippen molar-refractivity contribution in [2.75, 3.05) is 7.11 Å². The van der Waals surface area contributed by atoms with E-state index in [1.165, 1.54) is 7.11 Å². The van der Waals surface area contributed by atoms with Crippen molar-refractivity contribution in [3.8, 4) is 11.8 Å². The molecule has 1 aromatic rings. The van der Waals surface area contributed by atoms with Crippen LogP contribution in [0.3, 0.4) is 0 Å². The third-order valence-electron chi connectivity index (χ3n) is 4.63. The molecule has 0 radical (unpaired) electrons. The van der Waals surface area contributed by atoms with Crippen molar-refractivity contribution in [2.45, 2.75) is 51.2 Å². The minimum absolute atomic E-state index is 0.0326. The van der Waals surface area contributed by atoms with E-state index >= 15 is 0 Å². The molecule has 1 atom stereocenters. The molecule has 5 nitrogen and oxygen atoms in total. The van der Waals surface area contributed by atoms with Crippen LogP contribution in [-0.4, -0.2) is 32.9 Å². The highest BCUT2D eigenvalue weighted by atomic mass is 28.3. The average molecular weight is 362 g/mol. The Labute approximate surface area is 151 Å². The molecule has 0 saturated heterocycles. The van der Waals surface area contributed by atoms with E-state index < -0.39 is 25.8 Å². The summed E-state index contributed by atoms with van der Waals surface area (Å²) in [6.07, 6.45) is -0.544. The first-order valence-electron chi connectivity index (χ1n) is 8.14. The fourth-order valence-corrected chi connectivity index (χ4v) is 3.67. The van der Waals surface area contributed by atoms with Crippen molar-refractivity contribution >= 4 is 20.1 Å². The van der Waals surface area contributed by atoms with E-state index in [9.17, 15) is 9.59 Å². The molecule has 0 aliphatic heterocycles. The van der Waals surface area contributed by atoms with Crippen LogP contribution >= 0.6 is 0 Å². The monoisotopic (exact) mass is 361 g/mol. The summed E-state index contributed by atoms with van der Waals surface area (Å²) in [7, 11) is -0.801. The van der Waals surface area contributed by atoms with Gasteiger partial charge in [0.15, 0.2) is 0 Å². The first kappa shape index (κ1) is 20.8. The van der Waals surface area contributed by atoms with E-state index in [0.29, 0.717) is 0 Å². The summed E-state index contributed by atoms with van der Waals surface area (Å²) in [6, 6.07) is 9.44. The molecule has 1 aromatic carbocycles. The summed E-state index contributed by atoms with van der Waals surface area (Å²) < 4.78 is 9.86. The maximum Gasteiger partial charge on any atom is 0.408 e. The Balaban J connectivity index is 2.86. The molecule has 1 N–H and O–H groups in total. The largest absolute Gasteiger partial charge is 0.459 e. The SMILES string of the molecule is COC(=O)C#C[C@@H](NC(=O)OCc1ccccc1)[Si](C)(C)C(C)(C)C. The van der Waals surface area contributed by atoms with Gasteiger partial charge in [-0.05, 0) is 10.6 Å². The Morgan fingerprint density at radius 2 is 1.80 bits per heavy atom. The Kier molecular flexibility index (Phi) is 7.25. The number of esters is 1. The van der Waals surface area contributed by atoms with Crippen LogP contribution in [0.4, 0.5) is 4.79 Å². The number of carbonyl (C=O) groups is 2. The zero-order valence-electron chi connectivity index (χ0n) is 15.8. The second-order valence-electron chi connectivity index (χ2n) is 7.37. The predicted molar refractivity (Wildman–Crippen MR) is 101 cm³/mol. The highest BCUT2D eigenvalue weighted by molar-refractivity contribution is 6.82. The number of rotatable bonds is 4. The number of nitrogens with one attached hydrogen (secondary N) is 1. The Hall–Kier alpha value is -2.26. The van der Waals surface area contributed by atoms with Gasteiger partial charge < -0.3 is 14.8 Å². The van der Waals surface area contributed by atoms with Gasteiger partial charge in [-0.15, -0.1) is 0 Å². The van der Waals surface area contributed by atoms with Crippen molar-refractivity contribution < 1.29 is 19.1 Å². The first-order valence-corrected chi connectivity index (χ1v) is 11.2. The maximum absolute atomic E-state index is 12.2. The van der Waals surface area contributed by atoms with E-state index in [2.05, 4.69) is 55.8 Å². The van der Waals surface area contributed by atoms with Gasteiger partial charge in [0.2, 0.25) is 0 Å². The third-order valence-corrected chi connectivity index (χ3v) is 10.2. The number of amides is 1. The zero-order chi connectivity index (χ0) is 19.1. The smallest absolute Gasteiger partial charge is 0.408 e. The minimum atomic E-state index is -2.08. The topological polar surface area (TPSA) is 64.6 Å². The molecule has 0 aromatic heterocycles. The number of ether oxygens (including phenoxy) is 2. The molecule has 0 fully saturated rings. The van der Waals surface area contributed by atoms with E-state index in [4.69, 9.17) is 4.74 Å². The highest BCUT2D eigenvalue weighted by Crippen LogP contribution is 2.38. The molecular weight excluding hydrogens is 334 g/mol. The lowest BCUT2D eigenvalue weighted by atomic mass is 10.2. The van der Waals surface area contributed by atoms with E-state index in [1.54, 1.807) is 0 Å². The van der Waals surface area contributed by atoms with Crippen LogP contribution in [0.2, 0.25) is 18.1 Å². The van der Waals surface area contributed by atoms with Crippen molar-refractivity contribution in [2.24, 2.45) is 0 Å². The van der Waals surface area contributed by atoms with Crippen molar-refractivity contribution in [3.63, 3.8) is 0 Å². The quantitative estimate of drug-likeness (QED) is 0.386. The molecule has 1 rings (SSSR count). The van der Waals surface area contributed by atoms with Gasteiger partial charge >= 0.3 is 12.1 Å². The number of benzene rings is 1. The Bertz CT molecular complexity index is 653. The minimum Gasteiger partial charge on any atom is -0.459 e. The molecule has 6 heteroatoms. The number of carbonyl (C=O) groups excluding carboxylic acids is 2. The van der Waals surface area contributed by atoms with Gasteiger partial charge in [0, 0.05) is 5.92 Å². The third kappa shape index (κ3) is 6.27. The van der Waals surface area contributed by atoms with Crippen LogP contribution in [0.1, 0.15) is 26.3 Å². The predicted octanol–water partition coefficient (Wildman–Crippen LogP) is 3.51. The van der Waals surface area contributed by atoms with Crippen LogP contribution in [0, 0.1) is 11.8 Å². The fraction of sp³-hybridized carbons (Fsp3) is 0.474. The van der Waals surface area contributed by atoms with Crippen LogP contribution in [0.15, 0.2) is 30.3 Å². The molecule has 1 amide bonds. The summed E-state index contributed by atoms with van der Waals surface area (Å²) in [5.74, 6) is 4.69. The number of alkyl carbamates (subject to hydrolysis) is 1. The fourth-order valence-electron chi connectivity index (χ4n) is 1.89. The average Bonchev–Trinajstić information content (AvgIpc) is 2.56. The molecular formula is C19H27NO4Si. The van der Waals surface area contributed by atoms with Gasteiger partial charge in [-0.1, -0.05) is 70.1 Å². The molecule has 0 saturated carbocycles. The van der Waals surface area contributed by atoms with Crippen LogP contribution in [-0.2, 0) is 20.9 Å². The summed E-state index contributed by atoms with van der Waals surface area (Å²) in [6.45, 7) is 10.8. The second kappa shape index (κ2) is 8.72. The van der Waals surface area contributed by atoms with Crippen molar-refractivity contribution in [3.05, 3.63) is 35.9 Å². The molecule has 0 aliphatic rings. The molecule has 0 aliphatic carbocycles. The number of methoxy groups -OCH3 is 1. The summed E-state index contributed by atoms with van der Waals surface area (Å²) in [4.78, 5) is 23.6. The summed E-state index contributed by atoms with van der Waals surface area (Å²) in [5.41, 5.74) is 0.469. The van der Waals surface area contributed by atoms with Crippen molar-refractivity contribution in [1.29, 1.82) is 0 Å². The molecule has 25 heavy (non-hydrogen) atoms. The summed E-state index contributed by atoms with van der Waals surface area (Å²) in [5, 5.41) is 2.80. The van der Waals surface area contributed by atoms with Gasteiger partial charge in [0.1, 0.15) is 6.61 Å². The second-order valence-corrected chi connectivity index (χ2v) is 12.9. The normalized spacial score (nSPS) is 12.4. The van der Waals surface area contributed by atoms with E-state index in [-0.39, 0.29) is 11.6 Å². The van der Waals surface area contributed by atoms with E-state index in [0.717, 1.165) is 5.56 Å². The summed E-state index contributed by atoms with van der Waals surface area (Å²) >= 11 is 0. The van der Waals surface area contributed by atoms with Crippen molar-refractivity contribution in [1.82, 2.24) is 5.32 Å². The zero-order valence-corrected chi connectivity index (χ0v) is 16.8. The Morgan fingerprint density at radius 3 is 2.32 bits per heavy atom. The van der Waals surface area contributed by atoms with Crippen LogP contribution < -0.4 is 5.32 Å². The Morgan fingerprint density at radius 1 is 1.20 bits per heavy atom. The number of hydrogen-bond donors (Lipinski definition) is 1. The van der Waals surface area contributed by atoms with Gasteiger partial charge in [0.05, 0.1) is 20.8 Å². The van der Waals surface area contributed by atoms with Gasteiger partial charge in [-0.25, -0.2) is 9.59 Å². The molecule has 0 heterocycles. The van der Waals surface area contributed by atoms with Gasteiger partial charge in [-0.2, -0.15) is 0 Å². The lowest BCUT2D eigenvalue weighted by Crippen LogP contribution is -2.57. The van der Waals surface area contributed by atoms with Crippen LogP contribution in [0.25, 0.3) is 0 Å². The first-order chi connectivity index (χ1) is 11.6.